The number of fused-ring (bicyclic) bond motifs is 2. The molecule has 0 aliphatic heterocycles. The topological polar surface area (TPSA) is 58.2 Å². The molecular weight excluding hydrogens is 422 g/mol. The molecule has 0 aliphatic carbocycles. The molecule has 0 fully saturated rings. The van der Waals surface area contributed by atoms with Crippen molar-refractivity contribution in [3.63, 3.8) is 0 Å². The highest BCUT2D eigenvalue weighted by atomic mass is 32.2. The van der Waals surface area contributed by atoms with Crippen LogP contribution in [0.3, 0.4) is 0 Å². The predicted molar refractivity (Wildman–Crippen MR) is 106 cm³/mol. The zero-order valence-electron chi connectivity index (χ0n) is 15.6. The van der Waals surface area contributed by atoms with Gasteiger partial charge in [-0.25, -0.2) is 0 Å². The number of alkyl halides is 3. The maximum absolute atomic E-state index is 14.0. The summed E-state index contributed by atoms with van der Waals surface area (Å²) in [7, 11) is -4.13. The number of nitrogens with zero attached hydrogens (tertiary/aromatic N) is 1. The Hall–Kier alpha value is -3.04. The van der Waals surface area contributed by atoms with E-state index in [2.05, 4.69) is 30.3 Å². The largest absolute Gasteiger partial charge is 0.522 e. The van der Waals surface area contributed by atoms with E-state index in [4.69, 9.17) is 13.0 Å². The van der Waals surface area contributed by atoms with E-state index >= 15 is 0 Å². The molecule has 1 aromatic heterocycles. The number of hydrogen-bond acceptors (Lipinski definition) is 2. The molecule has 4 aromatic rings. The molecule has 0 atom stereocenters. The van der Waals surface area contributed by atoms with Gasteiger partial charge in [-0.2, -0.15) is 26.2 Å². The van der Waals surface area contributed by atoms with E-state index in [1.54, 1.807) is 19.3 Å². The summed E-state index contributed by atoms with van der Waals surface area (Å²) in [5, 5.41) is 4.64. The van der Waals surface area contributed by atoms with Gasteiger partial charge >= 0.3 is 21.6 Å². The van der Waals surface area contributed by atoms with Crippen LogP contribution in [0.2, 0.25) is 0 Å². The standard InChI is InChI=1S/C20H15FN.CHF3O3S/c1-22-11-10-16(13-19(22)21)20-17-8-4-2-6-14(17)12-15-7-3-5-9-18(15)20;2-1(3,4)8(5,6)7/h2-13H,1H3;(H,5,6,7)/q+1;. The molecule has 30 heavy (non-hydrogen) atoms. The van der Waals surface area contributed by atoms with Gasteiger partial charge < -0.3 is 0 Å². The smallest absolute Gasteiger partial charge is 0.279 e. The van der Waals surface area contributed by atoms with Crippen LogP contribution in [0.1, 0.15) is 0 Å². The van der Waals surface area contributed by atoms with Crippen LogP contribution in [0, 0.1) is 5.95 Å². The van der Waals surface area contributed by atoms with Gasteiger partial charge in [0.2, 0.25) is 0 Å². The van der Waals surface area contributed by atoms with Gasteiger partial charge in [0.15, 0.2) is 6.20 Å². The Labute approximate surface area is 169 Å². The van der Waals surface area contributed by atoms with E-state index in [1.807, 2.05) is 30.3 Å². The van der Waals surface area contributed by atoms with Crippen molar-refractivity contribution in [1.29, 1.82) is 0 Å². The summed E-state index contributed by atoms with van der Waals surface area (Å²) in [6.07, 6.45) is 1.77. The van der Waals surface area contributed by atoms with Gasteiger partial charge in [-0.05, 0) is 38.7 Å². The molecule has 156 valence electrons. The number of aromatic nitrogens is 1. The number of hydrogen-bond donors (Lipinski definition) is 1. The van der Waals surface area contributed by atoms with Gasteiger partial charge in [-0.1, -0.05) is 48.5 Å². The molecule has 0 bridgehead atoms. The van der Waals surface area contributed by atoms with Crippen molar-refractivity contribution in [2.75, 3.05) is 0 Å². The maximum atomic E-state index is 14.0. The van der Waals surface area contributed by atoms with Crippen LogP contribution in [0.25, 0.3) is 32.7 Å². The molecule has 0 spiro atoms. The van der Waals surface area contributed by atoms with Gasteiger partial charge in [-0.15, -0.1) is 4.39 Å². The van der Waals surface area contributed by atoms with E-state index in [9.17, 15) is 17.6 Å². The van der Waals surface area contributed by atoms with Crippen molar-refractivity contribution in [1.82, 2.24) is 0 Å². The van der Waals surface area contributed by atoms with Crippen molar-refractivity contribution in [3.8, 4) is 11.1 Å². The summed E-state index contributed by atoms with van der Waals surface area (Å²) in [5.74, 6) is -0.241. The highest BCUT2D eigenvalue weighted by Crippen LogP contribution is 2.36. The summed E-state index contributed by atoms with van der Waals surface area (Å²) in [6.45, 7) is 0. The van der Waals surface area contributed by atoms with Crippen molar-refractivity contribution in [2.24, 2.45) is 7.05 Å². The monoisotopic (exact) mass is 438 g/mol. The molecule has 0 amide bonds. The lowest BCUT2D eigenvalue weighted by Gasteiger charge is -2.11. The van der Waals surface area contributed by atoms with Crippen LogP contribution >= 0.6 is 0 Å². The van der Waals surface area contributed by atoms with Crippen molar-refractivity contribution in [3.05, 3.63) is 78.9 Å². The first-order chi connectivity index (χ1) is 14.0. The van der Waals surface area contributed by atoms with Gasteiger partial charge in [0.25, 0.3) is 0 Å². The number of halogens is 4. The fourth-order valence-corrected chi connectivity index (χ4v) is 3.02. The predicted octanol–water partition coefficient (Wildman–Crippen LogP) is 5.02. The third-order valence-corrected chi connectivity index (χ3v) is 5.03. The van der Waals surface area contributed by atoms with Crippen molar-refractivity contribution < 1.29 is 35.1 Å². The number of benzene rings is 3. The van der Waals surface area contributed by atoms with Gasteiger partial charge in [0.05, 0.1) is 6.07 Å². The Balaban J connectivity index is 0.000000275. The summed E-state index contributed by atoms with van der Waals surface area (Å²) < 4.78 is 73.1. The molecule has 0 saturated carbocycles. The van der Waals surface area contributed by atoms with Crippen molar-refractivity contribution >= 4 is 31.7 Å². The van der Waals surface area contributed by atoms with E-state index in [1.165, 1.54) is 15.3 Å². The summed E-state index contributed by atoms with van der Waals surface area (Å²) in [6, 6.07) is 22.3. The molecule has 4 nitrogen and oxygen atoms in total. The summed E-state index contributed by atoms with van der Waals surface area (Å²) in [4.78, 5) is 0. The van der Waals surface area contributed by atoms with E-state index in [-0.39, 0.29) is 5.95 Å². The van der Waals surface area contributed by atoms with Crippen molar-refractivity contribution in [2.45, 2.75) is 5.51 Å². The second kappa shape index (κ2) is 8.00. The molecule has 0 aliphatic rings. The van der Waals surface area contributed by atoms with Crippen LogP contribution < -0.4 is 4.57 Å². The molecule has 0 saturated heterocycles. The molecule has 3 aromatic carbocycles. The highest BCUT2D eigenvalue weighted by Gasteiger charge is 2.44. The number of aryl methyl sites for hydroxylation is 1. The lowest BCUT2D eigenvalue weighted by atomic mass is 9.92. The average Bonchev–Trinajstić information content (AvgIpc) is 2.67. The van der Waals surface area contributed by atoms with Gasteiger partial charge in [0, 0.05) is 6.07 Å². The molecule has 0 unspecified atom stereocenters. The number of rotatable bonds is 1. The molecule has 1 heterocycles. The fraction of sp³-hybridized carbons (Fsp3) is 0.0952. The zero-order valence-corrected chi connectivity index (χ0v) is 16.4. The minimum atomic E-state index is -5.84. The quantitative estimate of drug-likeness (QED) is 0.113. The Morgan fingerprint density at radius 3 is 1.77 bits per heavy atom. The van der Waals surface area contributed by atoms with Gasteiger partial charge in [-0.3, -0.25) is 4.55 Å². The van der Waals surface area contributed by atoms with Gasteiger partial charge in [0.1, 0.15) is 7.05 Å². The maximum Gasteiger partial charge on any atom is 0.522 e. The first-order valence-electron chi connectivity index (χ1n) is 8.59. The minimum Gasteiger partial charge on any atom is -0.279 e. The van der Waals surface area contributed by atoms with E-state index in [0.29, 0.717) is 0 Å². The van der Waals surface area contributed by atoms with E-state index < -0.39 is 15.6 Å². The Bertz CT molecular complexity index is 1280. The fourth-order valence-electron chi connectivity index (χ4n) is 3.02. The lowest BCUT2D eigenvalue weighted by Crippen LogP contribution is -2.31. The third kappa shape index (κ3) is 4.42. The lowest BCUT2D eigenvalue weighted by molar-refractivity contribution is -0.700. The van der Waals surface area contributed by atoms with Crippen LogP contribution in [0.5, 0.6) is 0 Å². The van der Waals surface area contributed by atoms with Crippen LogP contribution in [-0.2, 0) is 17.2 Å². The molecule has 9 heteroatoms. The molecule has 4 rings (SSSR count). The third-order valence-electron chi connectivity index (χ3n) is 4.44. The second-order valence-electron chi connectivity index (χ2n) is 6.46. The van der Waals surface area contributed by atoms with Crippen LogP contribution in [0.4, 0.5) is 17.6 Å². The average molecular weight is 438 g/mol. The normalized spacial score (nSPS) is 11.9. The van der Waals surface area contributed by atoms with E-state index in [0.717, 1.165) is 21.9 Å². The van der Waals surface area contributed by atoms with Crippen LogP contribution in [0.15, 0.2) is 72.9 Å². The second-order valence-corrected chi connectivity index (χ2v) is 7.88. The SMILES string of the molecule is C[n+]1ccc(-c2c3ccccc3cc3ccccc23)cc1F.O=S(=O)(O)C(F)(F)F. The summed E-state index contributed by atoms with van der Waals surface area (Å²) in [5.41, 5.74) is -3.54. The highest BCUT2D eigenvalue weighted by molar-refractivity contribution is 7.86. The molecular formula is C21H16F4NO3S+. The Morgan fingerprint density at radius 2 is 1.33 bits per heavy atom. The molecule has 1 N–H and O–H groups in total. The first kappa shape index (κ1) is 21.7. The Morgan fingerprint density at radius 1 is 0.867 bits per heavy atom. The molecule has 0 radical (unpaired) electrons. The number of pyridine rings is 1. The van der Waals surface area contributed by atoms with Crippen LogP contribution in [-0.4, -0.2) is 18.5 Å². The Kier molecular flexibility index (Phi) is 5.78. The first-order valence-corrected chi connectivity index (χ1v) is 10.0. The minimum absolute atomic E-state index is 0.241. The summed E-state index contributed by atoms with van der Waals surface area (Å²) >= 11 is 0. The zero-order chi connectivity index (χ0) is 22.1.